The fourth-order valence-corrected chi connectivity index (χ4v) is 3.02. The van der Waals surface area contributed by atoms with Crippen LogP contribution in [-0.4, -0.2) is 59.8 Å². The van der Waals surface area contributed by atoms with Crippen LogP contribution in [0, 0.1) is 0 Å². The minimum absolute atomic E-state index is 0.204. The smallest absolute Gasteiger partial charge is 0.249 e. The summed E-state index contributed by atoms with van der Waals surface area (Å²) in [5, 5.41) is 12.3. The average Bonchev–Trinajstić information content (AvgIpc) is 2.74. The van der Waals surface area contributed by atoms with Crippen LogP contribution in [0.2, 0.25) is 0 Å². The maximum absolute atomic E-state index is 12.0. The number of carbonyl (C=O) groups is 2. The Morgan fingerprint density at radius 3 is 2.29 bits per heavy atom. The summed E-state index contributed by atoms with van der Waals surface area (Å²) in [4.78, 5) is 24.9. The maximum atomic E-state index is 12.0. The summed E-state index contributed by atoms with van der Waals surface area (Å²) in [7, 11) is 0. The quantitative estimate of drug-likeness (QED) is 0.436. The number of carbonyl (C=O) groups excluding carboxylic acids is 2. The molecule has 2 aromatic rings. The summed E-state index contributed by atoms with van der Waals surface area (Å²) < 4.78 is 5.38. The number of hydrogen-bond acceptors (Lipinski definition) is 5. The molecule has 0 spiro atoms. The van der Waals surface area contributed by atoms with Crippen LogP contribution in [0.25, 0.3) is 11.1 Å². The van der Waals surface area contributed by atoms with E-state index in [4.69, 9.17) is 4.74 Å². The van der Waals surface area contributed by atoms with Gasteiger partial charge < -0.3 is 10.1 Å². The number of hydroxylamine groups is 2. The van der Waals surface area contributed by atoms with E-state index in [1.807, 2.05) is 12.1 Å². The van der Waals surface area contributed by atoms with Gasteiger partial charge >= 0.3 is 0 Å². The number of ether oxygens (including phenoxy) is 1. The average molecular weight is 383 g/mol. The van der Waals surface area contributed by atoms with Gasteiger partial charge in [0.05, 0.1) is 13.2 Å². The predicted molar refractivity (Wildman–Crippen MR) is 106 cm³/mol. The van der Waals surface area contributed by atoms with Crippen LogP contribution in [0.5, 0.6) is 0 Å². The first-order valence-electron chi connectivity index (χ1n) is 9.29. The van der Waals surface area contributed by atoms with Gasteiger partial charge in [0.2, 0.25) is 12.3 Å². The Balaban J connectivity index is 1.59. The van der Waals surface area contributed by atoms with E-state index in [1.165, 1.54) is 12.5 Å². The predicted octanol–water partition coefficient (Wildman–Crippen LogP) is 2.36. The van der Waals surface area contributed by atoms with Gasteiger partial charge in [-0.15, -0.1) is 0 Å². The monoisotopic (exact) mass is 383 g/mol. The molecule has 7 nitrogen and oxygen atoms in total. The van der Waals surface area contributed by atoms with Gasteiger partial charge in [0, 0.05) is 25.3 Å². The first-order valence-corrected chi connectivity index (χ1v) is 9.29. The Labute approximate surface area is 164 Å². The Morgan fingerprint density at radius 2 is 1.71 bits per heavy atom. The third kappa shape index (κ3) is 5.16. The zero-order valence-corrected chi connectivity index (χ0v) is 15.9. The topological polar surface area (TPSA) is 82.1 Å². The molecule has 2 N–H and O–H groups in total. The highest BCUT2D eigenvalue weighted by Crippen LogP contribution is 2.22. The molecule has 2 aromatic carbocycles. The summed E-state index contributed by atoms with van der Waals surface area (Å²) in [5.74, 6) is -0.463. The molecule has 148 valence electrons. The molecule has 0 aliphatic carbocycles. The third-order valence-corrected chi connectivity index (χ3v) is 4.83. The zero-order valence-electron chi connectivity index (χ0n) is 15.9. The molecule has 0 radical (unpaired) electrons. The molecule has 28 heavy (non-hydrogen) atoms. The van der Waals surface area contributed by atoms with E-state index in [-0.39, 0.29) is 6.41 Å². The molecule has 0 aromatic heterocycles. The van der Waals surface area contributed by atoms with Crippen molar-refractivity contribution in [2.24, 2.45) is 0 Å². The second kappa shape index (κ2) is 9.45. The van der Waals surface area contributed by atoms with Gasteiger partial charge in [-0.05, 0) is 35.7 Å². The van der Waals surface area contributed by atoms with E-state index < -0.39 is 11.9 Å². The van der Waals surface area contributed by atoms with E-state index in [1.54, 1.807) is 12.1 Å². The van der Waals surface area contributed by atoms with Crippen molar-refractivity contribution in [1.29, 1.82) is 0 Å². The zero-order chi connectivity index (χ0) is 19.9. The molecule has 1 saturated heterocycles. The van der Waals surface area contributed by atoms with Crippen LogP contribution >= 0.6 is 0 Å². The van der Waals surface area contributed by atoms with E-state index in [2.05, 4.69) is 34.5 Å². The lowest BCUT2D eigenvalue weighted by atomic mass is 10.0. The maximum Gasteiger partial charge on any atom is 0.249 e. The number of morpholine rings is 1. The molecule has 0 saturated carbocycles. The molecule has 0 bridgehead atoms. The summed E-state index contributed by atoms with van der Waals surface area (Å²) in [5.41, 5.74) is 4.01. The van der Waals surface area contributed by atoms with Crippen LogP contribution in [0.3, 0.4) is 0 Å². The van der Waals surface area contributed by atoms with Crippen LogP contribution < -0.4 is 5.32 Å². The van der Waals surface area contributed by atoms with E-state index >= 15 is 0 Å². The fourth-order valence-electron chi connectivity index (χ4n) is 3.02. The number of hydrogen-bond donors (Lipinski definition) is 2. The van der Waals surface area contributed by atoms with Crippen molar-refractivity contribution in [2.75, 3.05) is 31.6 Å². The highest BCUT2D eigenvalue weighted by atomic mass is 16.5. The van der Waals surface area contributed by atoms with Crippen molar-refractivity contribution < 1.29 is 19.5 Å². The summed E-state index contributed by atoms with van der Waals surface area (Å²) in [6.07, 6.45) is 0.204. The number of rotatable bonds is 7. The van der Waals surface area contributed by atoms with E-state index in [0.29, 0.717) is 10.8 Å². The number of amides is 2. The van der Waals surface area contributed by atoms with E-state index in [0.717, 1.165) is 44.0 Å². The van der Waals surface area contributed by atoms with Crippen molar-refractivity contribution in [3.8, 4) is 11.1 Å². The Hall–Kier alpha value is -2.74. The molecule has 1 unspecified atom stereocenters. The van der Waals surface area contributed by atoms with Gasteiger partial charge in [0.15, 0.2) is 0 Å². The van der Waals surface area contributed by atoms with Gasteiger partial charge in [-0.2, -0.15) is 0 Å². The first-order chi connectivity index (χ1) is 13.6. The molecule has 1 fully saturated rings. The number of nitrogens with one attached hydrogen (secondary N) is 1. The highest BCUT2D eigenvalue weighted by Gasteiger charge is 2.18. The summed E-state index contributed by atoms with van der Waals surface area (Å²) >= 11 is 0. The SMILES string of the molecule is CC(C(=O)Nc1ccc(-c2ccc(CN3CCOCC3)cc2)cc1)N(O)C=O. The van der Waals surface area contributed by atoms with Crippen molar-refractivity contribution >= 4 is 18.0 Å². The Morgan fingerprint density at radius 1 is 1.14 bits per heavy atom. The fraction of sp³-hybridized carbons (Fsp3) is 0.333. The molecular formula is C21H25N3O4. The molecule has 2 amide bonds. The molecule has 7 heteroatoms. The summed E-state index contributed by atoms with van der Waals surface area (Å²) in [6, 6.07) is 14.9. The largest absolute Gasteiger partial charge is 0.379 e. The lowest BCUT2D eigenvalue weighted by Gasteiger charge is -2.26. The Bertz CT molecular complexity index is 786. The van der Waals surface area contributed by atoms with Gasteiger partial charge in [0.1, 0.15) is 6.04 Å². The van der Waals surface area contributed by atoms with Crippen molar-refractivity contribution in [3.63, 3.8) is 0 Å². The van der Waals surface area contributed by atoms with Crippen molar-refractivity contribution in [2.45, 2.75) is 19.5 Å². The lowest BCUT2D eigenvalue weighted by molar-refractivity contribution is -0.163. The van der Waals surface area contributed by atoms with Crippen LogP contribution in [0.1, 0.15) is 12.5 Å². The molecule has 1 aliphatic rings. The van der Waals surface area contributed by atoms with Crippen LogP contribution in [0.4, 0.5) is 5.69 Å². The summed E-state index contributed by atoms with van der Waals surface area (Å²) in [6.45, 7) is 5.89. The normalized spacial score (nSPS) is 15.6. The third-order valence-electron chi connectivity index (χ3n) is 4.83. The minimum atomic E-state index is -0.962. The van der Waals surface area contributed by atoms with Gasteiger partial charge in [-0.25, -0.2) is 5.06 Å². The second-order valence-electron chi connectivity index (χ2n) is 6.81. The molecule has 3 rings (SSSR count). The molecular weight excluding hydrogens is 358 g/mol. The standard InChI is InChI=1S/C21H25N3O4/c1-16(24(27)15-25)21(26)22-20-8-6-19(7-9-20)18-4-2-17(3-5-18)14-23-10-12-28-13-11-23/h2-9,15-16,27H,10-14H2,1H3,(H,22,26). The first kappa shape index (κ1) is 20.0. The highest BCUT2D eigenvalue weighted by molar-refractivity contribution is 5.95. The second-order valence-corrected chi connectivity index (χ2v) is 6.81. The number of anilines is 1. The van der Waals surface area contributed by atoms with E-state index in [9.17, 15) is 14.8 Å². The lowest BCUT2D eigenvalue weighted by Crippen LogP contribution is -2.39. The van der Waals surface area contributed by atoms with Gasteiger partial charge in [0.25, 0.3) is 0 Å². The molecule has 1 heterocycles. The Kier molecular flexibility index (Phi) is 6.76. The van der Waals surface area contributed by atoms with Gasteiger partial charge in [-0.1, -0.05) is 36.4 Å². The van der Waals surface area contributed by atoms with Crippen LogP contribution in [-0.2, 0) is 20.9 Å². The van der Waals surface area contributed by atoms with Crippen LogP contribution in [0.15, 0.2) is 48.5 Å². The minimum Gasteiger partial charge on any atom is -0.379 e. The van der Waals surface area contributed by atoms with Crippen molar-refractivity contribution in [3.05, 3.63) is 54.1 Å². The van der Waals surface area contributed by atoms with Crippen molar-refractivity contribution in [1.82, 2.24) is 9.96 Å². The number of nitrogens with zero attached hydrogens (tertiary/aromatic N) is 2. The van der Waals surface area contributed by atoms with Gasteiger partial charge in [-0.3, -0.25) is 19.7 Å². The molecule has 1 aliphatic heterocycles. The molecule has 1 atom stereocenters. The number of benzene rings is 2.